The Morgan fingerprint density at radius 2 is 1.72 bits per heavy atom. The van der Waals surface area contributed by atoms with Crippen LogP contribution >= 0.6 is 0 Å². The first-order valence-electron chi connectivity index (χ1n) is 8.55. The van der Waals surface area contributed by atoms with Gasteiger partial charge >= 0.3 is 17.7 Å². The molecule has 0 aromatic heterocycles. The van der Waals surface area contributed by atoms with Crippen molar-refractivity contribution in [3.8, 4) is 5.75 Å². The second kappa shape index (κ2) is 10.4. The summed E-state index contributed by atoms with van der Waals surface area (Å²) in [5.74, 6) is -1.85. The molecule has 0 bridgehead atoms. The molecule has 0 aliphatic heterocycles. The lowest BCUT2D eigenvalue weighted by molar-refractivity contribution is -0.385. The number of carbonyl (C=O) groups is 3. The molecule has 0 saturated carbocycles. The van der Waals surface area contributed by atoms with Gasteiger partial charge in [-0.25, -0.2) is 9.59 Å². The molecule has 0 radical (unpaired) electrons. The number of benzene rings is 2. The van der Waals surface area contributed by atoms with E-state index in [9.17, 15) is 24.5 Å². The SMILES string of the molecule is CC(OC(=O)COc1ccccc1[N+](=O)[O-])C(=O)NC(=O)NCc1ccccc1. The average Bonchev–Trinajstić information content (AvgIpc) is 2.71. The number of para-hydroxylation sites is 2. The van der Waals surface area contributed by atoms with Gasteiger partial charge in [-0.1, -0.05) is 42.5 Å². The van der Waals surface area contributed by atoms with Gasteiger partial charge in [0, 0.05) is 12.6 Å². The van der Waals surface area contributed by atoms with Crippen molar-refractivity contribution < 1.29 is 28.8 Å². The summed E-state index contributed by atoms with van der Waals surface area (Å²) in [4.78, 5) is 45.8. The van der Waals surface area contributed by atoms with Crippen molar-refractivity contribution in [1.29, 1.82) is 0 Å². The molecule has 0 aliphatic rings. The third-order valence-electron chi connectivity index (χ3n) is 3.62. The van der Waals surface area contributed by atoms with Crippen LogP contribution in [0.5, 0.6) is 5.75 Å². The Morgan fingerprint density at radius 3 is 2.41 bits per heavy atom. The summed E-state index contributed by atoms with van der Waals surface area (Å²) in [6.45, 7) is 0.864. The molecule has 2 aromatic rings. The molecule has 2 N–H and O–H groups in total. The van der Waals surface area contributed by atoms with Gasteiger partial charge in [0.2, 0.25) is 0 Å². The molecule has 3 amide bonds. The van der Waals surface area contributed by atoms with E-state index in [1.165, 1.54) is 31.2 Å². The maximum Gasteiger partial charge on any atom is 0.344 e. The first kappa shape index (κ1) is 21.4. The van der Waals surface area contributed by atoms with Gasteiger partial charge in [0.05, 0.1) is 4.92 Å². The Morgan fingerprint density at radius 1 is 1.07 bits per heavy atom. The van der Waals surface area contributed by atoms with E-state index in [1.807, 2.05) is 30.3 Å². The lowest BCUT2D eigenvalue weighted by Gasteiger charge is -2.13. The van der Waals surface area contributed by atoms with Crippen molar-refractivity contribution in [2.24, 2.45) is 0 Å². The summed E-state index contributed by atoms with van der Waals surface area (Å²) in [6.07, 6.45) is -1.26. The maximum absolute atomic E-state index is 11.9. The molecule has 152 valence electrons. The topological polar surface area (TPSA) is 137 Å². The van der Waals surface area contributed by atoms with Gasteiger partial charge in [0.1, 0.15) is 0 Å². The van der Waals surface area contributed by atoms with Crippen molar-refractivity contribution in [3.63, 3.8) is 0 Å². The largest absolute Gasteiger partial charge is 0.475 e. The quantitative estimate of drug-likeness (QED) is 0.392. The second-order valence-electron chi connectivity index (χ2n) is 5.80. The molecular weight excluding hydrogens is 382 g/mol. The Hall–Kier alpha value is -3.95. The molecule has 2 rings (SSSR count). The van der Waals surface area contributed by atoms with Crippen LogP contribution in [0.2, 0.25) is 0 Å². The number of rotatable bonds is 8. The second-order valence-corrected chi connectivity index (χ2v) is 5.80. The summed E-state index contributed by atoms with van der Waals surface area (Å²) >= 11 is 0. The smallest absolute Gasteiger partial charge is 0.344 e. The van der Waals surface area contributed by atoms with Crippen LogP contribution in [-0.2, 0) is 20.9 Å². The minimum absolute atomic E-state index is 0.105. The zero-order chi connectivity index (χ0) is 21.2. The number of nitrogens with zero attached hydrogens (tertiary/aromatic N) is 1. The van der Waals surface area contributed by atoms with Gasteiger partial charge in [-0.3, -0.25) is 20.2 Å². The molecule has 0 heterocycles. The molecule has 29 heavy (non-hydrogen) atoms. The summed E-state index contributed by atoms with van der Waals surface area (Å²) in [5.41, 5.74) is 0.544. The number of amides is 3. The van der Waals surface area contributed by atoms with Crippen LogP contribution in [0.4, 0.5) is 10.5 Å². The van der Waals surface area contributed by atoms with Crippen molar-refractivity contribution in [1.82, 2.24) is 10.6 Å². The summed E-state index contributed by atoms with van der Waals surface area (Å²) in [5, 5.41) is 15.5. The lowest BCUT2D eigenvalue weighted by atomic mass is 10.2. The maximum atomic E-state index is 11.9. The van der Waals surface area contributed by atoms with Crippen LogP contribution in [0.15, 0.2) is 54.6 Å². The Labute approximate surface area is 166 Å². The molecule has 2 aromatic carbocycles. The van der Waals surface area contributed by atoms with Gasteiger partial charge < -0.3 is 14.8 Å². The van der Waals surface area contributed by atoms with E-state index in [-0.39, 0.29) is 18.0 Å². The van der Waals surface area contributed by atoms with E-state index in [4.69, 9.17) is 9.47 Å². The predicted molar refractivity (Wildman–Crippen MR) is 101 cm³/mol. The third-order valence-corrected chi connectivity index (χ3v) is 3.62. The van der Waals surface area contributed by atoms with Crippen molar-refractivity contribution in [3.05, 3.63) is 70.3 Å². The highest BCUT2D eigenvalue weighted by Crippen LogP contribution is 2.25. The van der Waals surface area contributed by atoms with Gasteiger partial charge in [0.25, 0.3) is 5.91 Å². The number of hydrogen-bond acceptors (Lipinski definition) is 7. The van der Waals surface area contributed by atoms with Crippen LogP contribution < -0.4 is 15.4 Å². The Bertz CT molecular complexity index is 886. The molecular formula is C19H19N3O7. The number of nitrogens with one attached hydrogen (secondary N) is 2. The Kier molecular flexibility index (Phi) is 7.66. The van der Waals surface area contributed by atoms with Crippen LogP contribution in [0.1, 0.15) is 12.5 Å². The predicted octanol–water partition coefficient (Wildman–Crippen LogP) is 1.93. The minimum Gasteiger partial charge on any atom is -0.475 e. The number of esters is 1. The fourth-order valence-corrected chi connectivity index (χ4v) is 2.19. The monoisotopic (exact) mass is 401 g/mol. The van der Waals surface area contributed by atoms with Crippen LogP contribution in [0.3, 0.4) is 0 Å². The Balaban J connectivity index is 1.76. The first-order valence-corrected chi connectivity index (χ1v) is 8.55. The molecule has 0 spiro atoms. The number of urea groups is 1. The number of hydrogen-bond donors (Lipinski definition) is 2. The van der Waals surface area contributed by atoms with Gasteiger partial charge in [-0.05, 0) is 18.6 Å². The molecule has 0 saturated heterocycles. The van der Waals surface area contributed by atoms with Crippen molar-refractivity contribution >= 4 is 23.6 Å². The zero-order valence-electron chi connectivity index (χ0n) is 15.5. The number of imide groups is 1. The van der Waals surface area contributed by atoms with E-state index in [2.05, 4.69) is 10.6 Å². The number of nitro benzene ring substituents is 1. The number of carbonyl (C=O) groups excluding carboxylic acids is 3. The first-order chi connectivity index (χ1) is 13.9. The van der Waals surface area contributed by atoms with E-state index in [1.54, 1.807) is 0 Å². The van der Waals surface area contributed by atoms with E-state index in [0.717, 1.165) is 5.56 Å². The highest BCUT2D eigenvalue weighted by Gasteiger charge is 2.21. The van der Waals surface area contributed by atoms with Crippen LogP contribution in [-0.4, -0.2) is 35.5 Å². The molecule has 1 atom stereocenters. The number of nitro groups is 1. The van der Waals surface area contributed by atoms with E-state index in [0.29, 0.717) is 0 Å². The highest BCUT2D eigenvalue weighted by atomic mass is 16.6. The van der Waals surface area contributed by atoms with Crippen molar-refractivity contribution in [2.75, 3.05) is 6.61 Å². The van der Waals surface area contributed by atoms with Crippen LogP contribution in [0.25, 0.3) is 0 Å². The summed E-state index contributed by atoms with van der Waals surface area (Å²) in [6, 6.07) is 13.9. The zero-order valence-corrected chi connectivity index (χ0v) is 15.5. The third kappa shape index (κ3) is 6.94. The molecule has 1 unspecified atom stereocenters. The summed E-state index contributed by atoms with van der Waals surface area (Å²) in [7, 11) is 0. The van der Waals surface area contributed by atoms with Gasteiger partial charge in [-0.15, -0.1) is 0 Å². The average molecular weight is 401 g/mol. The normalized spacial score (nSPS) is 11.1. The minimum atomic E-state index is -1.26. The van der Waals surface area contributed by atoms with Gasteiger partial charge in [0.15, 0.2) is 18.5 Å². The lowest BCUT2D eigenvalue weighted by Crippen LogP contribution is -2.44. The number of ether oxygens (including phenoxy) is 2. The summed E-state index contributed by atoms with van der Waals surface area (Å²) < 4.78 is 9.95. The van der Waals surface area contributed by atoms with Crippen molar-refractivity contribution in [2.45, 2.75) is 19.6 Å². The molecule has 0 aliphatic carbocycles. The van der Waals surface area contributed by atoms with Crippen LogP contribution in [0, 0.1) is 10.1 Å². The van der Waals surface area contributed by atoms with E-state index < -0.39 is 35.5 Å². The standard InChI is InChI=1S/C19H19N3O7/c1-13(18(24)21-19(25)20-11-14-7-3-2-4-8-14)29-17(23)12-28-16-10-6-5-9-15(16)22(26)27/h2-10,13H,11-12H2,1H3,(H2,20,21,24,25). The molecule has 0 fully saturated rings. The molecule has 10 heteroatoms. The molecule has 10 nitrogen and oxygen atoms in total. The van der Waals surface area contributed by atoms with E-state index >= 15 is 0 Å². The highest BCUT2D eigenvalue weighted by molar-refractivity contribution is 5.97. The fraction of sp³-hybridized carbons (Fsp3) is 0.211. The fourth-order valence-electron chi connectivity index (χ4n) is 2.19. The van der Waals surface area contributed by atoms with Gasteiger partial charge in [-0.2, -0.15) is 0 Å².